The Hall–Kier alpha value is -2.74. The van der Waals surface area contributed by atoms with Crippen LogP contribution in [0.5, 0.6) is 0 Å². The summed E-state index contributed by atoms with van der Waals surface area (Å²) in [6.45, 7) is 3.20. The third-order valence-corrected chi connectivity index (χ3v) is 4.97. The van der Waals surface area contributed by atoms with Crippen molar-refractivity contribution in [2.45, 2.75) is 18.7 Å². The van der Waals surface area contributed by atoms with E-state index in [4.69, 9.17) is 4.52 Å². The van der Waals surface area contributed by atoms with Gasteiger partial charge in [-0.25, -0.2) is 17.2 Å². The van der Waals surface area contributed by atoms with Crippen LogP contribution in [0.3, 0.4) is 0 Å². The van der Waals surface area contributed by atoms with Crippen molar-refractivity contribution in [1.82, 2.24) is 5.16 Å². The van der Waals surface area contributed by atoms with E-state index in [0.29, 0.717) is 22.5 Å². The van der Waals surface area contributed by atoms with E-state index in [0.717, 1.165) is 12.1 Å². The molecule has 8 heteroatoms. The van der Waals surface area contributed by atoms with Crippen LogP contribution in [0, 0.1) is 25.5 Å². The first-order valence-electron chi connectivity index (χ1n) is 7.28. The van der Waals surface area contributed by atoms with Gasteiger partial charge in [0.15, 0.2) is 5.82 Å². The molecule has 0 fully saturated rings. The van der Waals surface area contributed by atoms with Crippen molar-refractivity contribution >= 4 is 15.8 Å². The maximum Gasteiger partial charge on any atom is 0.266 e. The summed E-state index contributed by atoms with van der Waals surface area (Å²) in [5.41, 5.74) is 1.44. The largest absolute Gasteiger partial charge is 0.360 e. The van der Waals surface area contributed by atoms with Crippen molar-refractivity contribution in [1.29, 1.82) is 0 Å². The summed E-state index contributed by atoms with van der Waals surface area (Å²) in [6.07, 6.45) is 0. The fourth-order valence-electron chi connectivity index (χ4n) is 2.33. The molecule has 0 saturated carbocycles. The molecule has 1 aromatic heterocycles. The molecule has 5 nitrogen and oxygen atoms in total. The normalized spacial score (nSPS) is 11.5. The first kappa shape index (κ1) is 17.1. The third kappa shape index (κ3) is 3.53. The topological polar surface area (TPSA) is 72.2 Å². The first-order chi connectivity index (χ1) is 11.8. The molecular weight excluding hydrogens is 350 g/mol. The number of nitrogens with zero attached hydrogens (tertiary/aromatic N) is 1. The van der Waals surface area contributed by atoms with Gasteiger partial charge in [-0.1, -0.05) is 17.3 Å². The average Bonchev–Trinajstić information content (AvgIpc) is 2.94. The summed E-state index contributed by atoms with van der Waals surface area (Å²) < 4.78 is 59.2. The number of sulfonamides is 1. The van der Waals surface area contributed by atoms with Crippen LogP contribution in [-0.4, -0.2) is 13.6 Å². The van der Waals surface area contributed by atoms with Crippen molar-refractivity contribution in [3.8, 4) is 11.1 Å². The van der Waals surface area contributed by atoms with Gasteiger partial charge in [0.25, 0.3) is 10.0 Å². The maximum atomic E-state index is 14.4. The van der Waals surface area contributed by atoms with Crippen molar-refractivity contribution < 1.29 is 21.7 Å². The van der Waals surface area contributed by atoms with Gasteiger partial charge in [-0.3, -0.25) is 4.72 Å². The zero-order valence-corrected chi connectivity index (χ0v) is 14.2. The average molecular weight is 364 g/mol. The molecular formula is C17H14F2N2O3S. The van der Waals surface area contributed by atoms with Crippen LogP contribution in [0.15, 0.2) is 51.9 Å². The molecule has 3 aromatic rings. The van der Waals surface area contributed by atoms with Crippen molar-refractivity contribution in [2.75, 3.05) is 4.72 Å². The van der Waals surface area contributed by atoms with Gasteiger partial charge in [0.1, 0.15) is 22.3 Å². The highest BCUT2D eigenvalue weighted by molar-refractivity contribution is 7.92. The van der Waals surface area contributed by atoms with Crippen LogP contribution in [0.25, 0.3) is 11.1 Å². The second-order valence-electron chi connectivity index (χ2n) is 5.54. The van der Waals surface area contributed by atoms with Crippen LogP contribution in [0.4, 0.5) is 14.6 Å². The fraction of sp³-hybridized carbons (Fsp3) is 0.118. The Kier molecular flexibility index (Phi) is 4.30. The maximum absolute atomic E-state index is 14.4. The number of aromatic nitrogens is 1. The Morgan fingerprint density at radius 2 is 1.64 bits per heavy atom. The standard InChI is InChI=1S/C17H14F2N2O3S/c1-10-7-12(3-5-14(10)18)13-4-6-16(15(19)9-13)25(22,23)21-17-8-11(2)24-20-17/h3-9H,1-2H3,(H,20,21). The lowest BCUT2D eigenvalue weighted by Crippen LogP contribution is -2.14. The lowest BCUT2D eigenvalue weighted by molar-refractivity contribution is 0.400. The second kappa shape index (κ2) is 6.29. The SMILES string of the molecule is Cc1cc(NS(=O)(=O)c2ccc(-c3ccc(F)c(C)c3)cc2F)no1. The summed E-state index contributed by atoms with van der Waals surface area (Å²) in [4.78, 5) is -0.518. The number of rotatable bonds is 4. The molecule has 0 radical (unpaired) electrons. The highest BCUT2D eigenvalue weighted by Gasteiger charge is 2.21. The molecule has 0 aliphatic rings. The molecule has 0 amide bonds. The van der Waals surface area contributed by atoms with Gasteiger partial charge in [0.2, 0.25) is 0 Å². The predicted molar refractivity (Wildman–Crippen MR) is 88.6 cm³/mol. The molecule has 0 bridgehead atoms. The third-order valence-electron chi connectivity index (χ3n) is 3.58. The quantitative estimate of drug-likeness (QED) is 0.758. The van der Waals surface area contributed by atoms with E-state index in [-0.39, 0.29) is 11.6 Å². The Balaban J connectivity index is 1.94. The van der Waals surface area contributed by atoms with E-state index in [1.165, 1.54) is 24.3 Å². The smallest absolute Gasteiger partial charge is 0.266 e. The van der Waals surface area contributed by atoms with Crippen LogP contribution in [-0.2, 0) is 10.0 Å². The van der Waals surface area contributed by atoms with Gasteiger partial charge in [-0.15, -0.1) is 0 Å². The fourth-order valence-corrected chi connectivity index (χ4v) is 3.37. The molecule has 0 aliphatic carbocycles. The minimum atomic E-state index is -4.15. The molecule has 0 unspecified atom stereocenters. The summed E-state index contributed by atoms with van der Waals surface area (Å²) >= 11 is 0. The number of nitrogens with one attached hydrogen (secondary N) is 1. The number of hydrogen-bond donors (Lipinski definition) is 1. The lowest BCUT2D eigenvalue weighted by Gasteiger charge is -2.09. The van der Waals surface area contributed by atoms with Crippen LogP contribution in [0.2, 0.25) is 0 Å². The molecule has 25 heavy (non-hydrogen) atoms. The molecule has 0 atom stereocenters. The summed E-state index contributed by atoms with van der Waals surface area (Å²) in [5.74, 6) is -0.905. The number of aryl methyl sites for hydroxylation is 2. The zero-order valence-electron chi connectivity index (χ0n) is 13.4. The summed E-state index contributed by atoms with van der Waals surface area (Å²) in [5, 5.41) is 3.52. The minimum absolute atomic E-state index is 0.0323. The zero-order chi connectivity index (χ0) is 18.2. The van der Waals surface area contributed by atoms with Gasteiger partial charge in [0.05, 0.1) is 0 Å². The van der Waals surface area contributed by atoms with Crippen molar-refractivity contribution in [2.24, 2.45) is 0 Å². The monoisotopic (exact) mass is 364 g/mol. The molecule has 2 aromatic carbocycles. The van der Waals surface area contributed by atoms with Crippen LogP contribution in [0.1, 0.15) is 11.3 Å². The van der Waals surface area contributed by atoms with E-state index >= 15 is 0 Å². The molecule has 0 saturated heterocycles. The van der Waals surface area contributed by atoms with Gasteiger partial charge < -0.3 is 4.52 Å². The minimum Gasteiger partial charge on any atom is -0.360 e. The van der Waals surface area contributed by atoms with Crippen molar-refractivity contribution in [3.05, 3.63) is 65.4 Å². The summed E-state index contributed by atoms with van der Waals surface area (Å²) in [7, 11) is -4.15. The van der Waals surface area contributed by atoms with E-state index in [1.807, 2.05) is 0 Å². The van der Waals surface area contributed by atoms with Crippen LogP contribution >= 0.6 is 0 Å². The molecule has 1 N–H and O–H groups in total. The second-order valence-corrected chi connectivity index (χ2v) is 7.19. The molecule has 1 heterocycles. The predicted octanol–water partition coefficient (Wildman–Crippen LogP) is 4.04. The molecule has 0 aliphatic heterocycles. The Morgan fingerprint density at radius 1 is 0.960 bits per heavy atom. The first-order valence-corrected chi connectivity index (χ1v) is 8.77. The Bertz CT molecular complexity index is 1050. The molecule has 3 rings (SSSR count). The van der Waals surface area contributed by atoms with Gasteiger partial charge >= 0.3 is 0 Å². The van der Waals surface area contributed by atoms with Gasteiger partial charge in [-0.05, 0) is 54.8 Å². The lowest BCUT2D eigenvalue weighted by atomic mass is 10.0. The highest BCUT2D eigenvalue weighted by Crippen LogP contribution is 2.26. The molecule has 0 spiro atoms. The van der Waals surface area contributed by atoms with Gasteiger partial charge in [-0.2, -0.15) is 0 Å². The van der Waals surface area contributed by atoms with Gasteiger partial charge in [0, 0.05) is 6.07 Å². The number of benzene rings is 2. The van der Waals surface area contributed by atoms with E-state index in [1.54, 1.807) is 19.9 Å². The van der Waals surface area contributed by atoms with E-state index in [9.17, 15) is 17.2 Å². The van der Waals surface area contributed by atoms with E-state index < -0.39 is 20.7 Å². The Labute approximate surface area is 143 Å². The number of hydrogen-bond acceptors (Lipinski definition) is 4. The van der Waals surface area contributed by atoms with Crippen molar-refractivity contribution in [3.63, 3.8) is 0 Å². The molecule has 130 valence electrons. The Morgan fingerprint density at radius 3 is 2.24 bits per heavy atom. The van der Waals surface area contributed by atoms with E-state index in [2.05, 4.69) is 9.88 Å². The highest BCUT2D eigenvalue weighted by atomic mass is 32.2. The summed E-state index contributed by atoms with van der Waals surface area (Å²) in [6, 6.07) is 9.43. The number of halogens is 2. The number of anilines is 1. The van der Waals surface area contributed by atoms with Crippen LogP contribution < -0.4 is 4.72 Å².